The molecule has 0 aliphatic rings. The molecule has 0 saturated carbocycles. The zero-order valence-electron chi connectivity index (χ0n) is 9.97. The summed E-state index contributed by atoms with van der Waals surface area (Å²) in [4.78, 5) is 11.7. The summed E-state index contributed by atoms with van der Waals surface area (Å²) in [6.45, 7) is 2.95. The van der Waals surface area contributed by atoms with E-state index in [9.17, 15) is 13.2 Å². The van der Waals surface area contributed by atoms with Crippen molar-refractivity contribution in [3.8, 4) is 0 Å². The molecule has 1 N–H and O–H groups in total. The maximum absolute atomic E-state index is 11.7. The van der Waals surface area contributed by atoms with Crippen molar-refractivity contribution in [2.75, 3.05) is 20.3 Å². The summed E-state index contributed by atoms with van der Waals surface area (Å²) in [6.07, 6.45) is 0. The summed E-state index contributed by atoms with van der Waals surface area (Å²) in [5.41, 5.74) is 0.295. The number of hydrogen-bond donors (Lipinski definition) is 1. The Balaban J connectivity index is 2.60. The third-order valence-electron chi connectivity index (χ3n) is 2.14. The molecule has 1 aromatic heterocycles. The lowest BCUT2D eigenvalue weighted by Gasteiger charge is -2.10. The van der Waals surface area contributed by atoms with Gasteiger partial charge < -0.3 is 10.1 Å². The Labute approximate surface area is 115 Å². The molecule has 0 saturated heterocycles. The second-order valence-corrected chi connectivity index (χ2v) is 7.57. The molecule has 0 aromatic carbocycles. The smallest absolute Gasteiger partial charge is 0.270 e. The number of rotatable bonds is 6. The van der Waals surface area contributed by atoms with Crippen LogP contribution >= 0.6 is 22.0 Å². The summed E-state index contributed by atoms with van der Waals surface area (Å²) in [5, 5.41) is 4.16. The fraction of sp³-hybridized carbons (Fsp3) is 0.500. The van der Waals surface area contributed by atoms with Crippen LogP contribution in [0.25, 0.3) is 0 Å². The fourth-order valence-corrected chi connectivity index (χ4v) is 3.22. The molecule has 1 rings (SSSR count). The minimum Gasteiger partial charge on any atom is -0.384 e. The monoisotopic (exact) mass is 311 g/mol. The van der Waals surface area contributed by atoms with Crippen LogP contribution in [0.15, 0.2) is 15.7 Å². The fourth-order valence-electron chi connectivity index (χ4n) is 1.28. The van der Waals surface area contributed by atoms with Crippen LogP contribution in [0.1, 0.15) is 17.3 Å². The van der Waals surface area contributed by atoms with Gasteiger partial charge in [-0.3, -0.25) is 4.79 Å². The Bertz CT molecular complexity index is 512. The van der Waals surface area contributed by atoms with Crippen LogP contribution in [0.2, 0.25) is 0 Å². The number of nitrogens with one attached hydrogen (secondary N) is 1. The van der Waals surface area contributed by atoms with Gasteiger partial charge in [-0.05, 0) is 12.0 Å². The second-order valence-electron chi connectivity index (χ2n) is 3.86. The van der Waals surface area contributed by atoms with E-state index in [0.29, 0.717) is 18.7 Å². The molecule has 0 bridgehead atoms. The minimum absolute atomic E-state index is 0.0285. The maximum Gasteiger partial charge on any atom is 0.270 e. The maximum atomic E-state index is 11.7. The first kappa shape index (κ1) is 15.4. The summed E-state index contributed by atoms with van der Waals surface area (Å²) in [6, 6.07) is 1.27. The number of thiophene rings is 1. The first-order valence-corrected chi connectivity index (χ1v) is 8.34. The molecule has 0 fully saturated rings. The van der Waals surface area contributed by atoms with Crippen molar-refractivity contribution in [3.05, 3.63) is 17.0 Å². The van der Waals surface area contributed by atoms with Crippen molar-refractivity contribution in [2.24, 2.45) is 5.92 Å². The van der Waals surface area contributed by atoms with Gasteiger partial charge in [0.15, 0.2) is 0 Å². The van der Waals surface area contributed by atoms with Crippen LogP contribution in [-0.2, 0) is 13.8 Å². The van der Waals surface area contributed by atoms with Crippen molar-refractivity contribution >= 4 is 37.0 Å². The third kappa shape index (κ3) is 4.56. The van der Waals surface area contributed by atoms with E-state index in [4.69, 9.17) is 15.4 Å². The number of ether oxygens (including phenoxy) is 1. The van der Waals surface area contributed by atoms with Crippen LogP contribution in [0, 0.1) is 5.92 Å². The van der Waals surface area contributed by atoms with Crippen LogP contribution < -0.4 is 5.32 Å². The molecule has 102 valence electrons. The number of hydrogen-bond acceptors (Lipinski definition) is 5. The zero-order valence-corrected chi connectivity index (χ0v) is 12.4. The number of halogens is 1. The van der Waals surface area contributed by atoms with Crippen molar-refractivity contribution < 1.29 is 17.9 Å². The molecule has 1 amide bonds. The van der Waals surface area contributed by atoms with Crippen LogP contribution in [0.5, 0.6) is 0 Å². The van der Waals surface area contributed by atoms with Gasteiger partial charge in [0.2, 0.25) is 0 Å². The quantitative estimate of drug-likeness (QED) is 0.811. The van der Waals surface area contributed by atoms with Gasteiger partial charge in [0.05, 0.1) is 12.2 Å². The molecule has 5 nitrogen and oxygen atoms in total. The van der Waals surface area contributed by atoms with Gasteiger partial charge in [-0.2, -0.15) is 0 Å². The first-order valence-electron chi connectivity index (χ1n) is 5.15. The number of carbonyl (C=O) groups is 1. The molecule has 1 heterocycles. The van der Waals surface area contributed by atoms with Gasteiger partial charge in [-0.25, -0.2) is 8.42 Å². The standard InChI is InChI=1S/C10H14ClNO4S2/c1-7(5-16-2)4-12-10(13)8-3-9(17-6-8)18(11,14)15/h3,6-7H,4-5H2,1-2H3,(H,12,13). The van der Waals surface area contributed by atoms with Crippen molar-refractivity contribution in [3.63, 3.8) is 0 Å². The van der Waals surface area contributed by atoms with Gasteiger partial charge in [0.1, 0.15) is 4.21 Å². The van der Waals surface area contributed by atoms with E-state index in [2.05, 4.69) is 5.32 Å². The molecule has 0 spiro atoms. The second kappa shape index (κ2) is 6.51. The van der Waals surface area contributed by atoms with E-state index >= 15 is 0 Å². The SMILES string of the molecule is COCC(C)CNC(=O)c1csc(S(=O)(=O)Cl)c1. The summed E-state index contributed by atoms with van der Waals surface area (Å²) < 4.78 is 27.0. The molecule has 1 aromatic rings. The average molecular weight is 312 g/mol. The van der Waals surface area contributed by atoms with E-state index in [0.717, 1.165) is 11.3 Å². The van der Waals surface area contributed by atoms with Gasteiger partial charge in [0.25, 0.3) is 15.0 Å². The van der Waals surface area contributed by atoms with Gasteiger partial charge >= 0.3 is 0 Å². The van der Waals surface area contributed by atoms with E-state index in [1.54, 1.807) is 7.11 Å². The lowest BCUT2D eigenvalue weighted by molar-refractivity contribution is 0.0934. The summed E-state index contributed by atoms with van der Waals surface area (Å²) in [5.74, 6) is -0.130. The number of methoxy groups -OCH3 is 1. The van der Waals surface area contributed by atoms with Crippen LogP contribution in [0.3, 0.4) is 0 Å². The van der Waals surface area contributed by atoms with E-state index in [1.165, 1.54) is 11.4 Å². The highest BCUT2D eigenvalue weighted by molar-refractivity contribution is 8.15. The highest BCUT2D eigenvalue weighted by Crippen LogP contribution is 2.23. The summed E-state index contributed by atoms with van der Waals surface area (Å²) in [7, 11) is 3.01. The number of amides is 1. The lowest BCUT2D eigenvalue weighted by Crippen LogP contribution is -2.29. The molecular formula is C10H14ClNO4S2. The number of carbonyl (C=O) groups excluding carboxylic acids is 1. The van der Waals surface area contributed by atoms with E-state index in [1.807, 2.05) is 6.92 Å². The molecular weight excluding hydrogens is 298 g/mol. The van der Waals surface area contributed by atoms with Gasteiger partial charge in [0, 0.05) is 29.7 Å². The largest absolute Gasteiger partial charge is 0.384 e. The molecule has 0 radical (unpaired) electrons. The van der Waals surface area contributed by atoms with Crippen LogP contribution in [-0.4, -0.2) is 34.6 Å². The normalized spacial score (nSPS) is 13.3. The topological polar surface area (TPSA) is 72.5 Å². The molecule has 1 unspecified atom stereocenters. The first-order chi connectivity index (χ1) is 8.34. The van der Waals surface area contributed by atoms with Crippen molar-refractivity contribution in [2.45, 2.75) is 11.1 Å². The van der Waals surface area contributed by atoms with Gasteiger partial charge in [-0.1, -0.05) is 6.92 Å². The molecule has 0 aliphatic carbocycles. The van der Waals surface area contributed by atoms with Gasteiger partial charge in [-0.15, -0.1) is 11.3 Å². The third-order valence-corrected chi connectivity index (χ3v) is 5.18. The highest BCUT2D eigenvalue weighted by atomic mass is 35.7. The Morgan fingerprint density at radius 2 is 2.28 bits per heavy atom. The predicted octanol–water partition coefficient (Wildman–Crippen LogP) is 1.69. The zero-order chi connectivity index (χ0) is 13.8. The van der Waals surface area contributed by atoms with Crippen LogP contribution in [0.4, 0.5) is 0 Å². The van der Waals surface area contributed by atoms with Crippen molar-refractivity contribution in [1.29, 1.82) is 0 Å². The Kier molecular flexibility index (Phi) is 5.58. The Morgan fingerprint density at radius 3 is 2.78 bits per heavy atom. The van der Waals surface area contributed by atoms with Crippen molar-refractivity contribution in [1.82, 2.24) is 5.32 Å². The predicted molar refractivity (Wildman–Crippen MR) is 70.7 cm³/mol. The van der Waals surface area contributed by atoms with E-state index in [-0.39, 0.29) is 16.0 Å². The minimum atomic E-state index is -3.76. The molecule has 1 atom stereocenters. The Morgan fingerprint density at radius 1 is 1.61 bits per heavy atom. The highest BCUT2D eigenvalue weighted by Gasteiger charge is 2.16. The Hall–Kier alpha value is -0.630. The molecule has 18 heavy (non-hydrogen) atoms. The van der Waals surface area contributed by atoms with E-state index < -0.39 is 9.05 Å². The summed E-state index contributed by atoms with van der Waals surface area (Å²) >= 11 is 0.924. The molecule has 0 aliphatic heterocycles. The molecule has 8 heteroatoms. The average Bonchev–Trinajstić information content (AvgIpc) is 2.75. The lowest BCUT2D eigenvalue weighted by atomic mass is 10.2.